The Morgan fingerprint density at radius 3 is 2.55 bits per heavy atom. The number of hydrogen-bond acceptors (Lipinski definition) is 4. The van der Waals surface area contributed by atoms with Crippen molar-refractivity contribution in [1.29, 1.82) is 0 Å². The topological polar surface area (TPSA) is 49.6 Å². The SMILES string of the molecule is CCN(CC(=O)N(C)C)Cc1coc(-c2ccc(Cl)cc2)n1. The van der Waals surface area contributed by atoms with Crippen LogP contribution in [-0.4, -0.2) is 47.9 Å². The van der Waals surface area contributed by atoms with Crippen molar-refractivity contribution in [3.63, 3.8) is 0 Å². The van der Waals surface area contributed by atoms with Gasteiger partial charge in [-0.1, -0.05) is 18.5 Å². The fourth-order valence-corrected chi connectivity index (χ4v) is 2.07. The van der Waals surface area contributed by atoms with Gasteiger partial charge in [-0.25, -0.2) is 4.98 Å². The van der Waals surface area contributed by atoms with Gasteiger partial charge in [-0.2, -0.15) is 0 Å². The zero-order valence-electron chi connectivity index (χ0n) is 13.0. The number of carbonyl (C=O) groups is 1. The molecule has 0 saturated heterocycles. The predicted octanol–water partition coefficient (Wildman–Crippen LogP) is 2.91. The molecule has 0 unspecified atom stereocenters. The summed E-state index contributed by atoms with van der Waals surface area (Å²) < 4.78 is 5.51. The molecule has 0 fully saturated rings. The predicted molar refractivity (Wildman–Crippen MR) is 86.6 cm³/mol. The van der Waals surface area contributed by atoms with Gasteiger partial charge in [-0.3, -0.25) is 9.69 Å². The van der Waals surface area contributed by atoms with Crippen LogP contribution < -0.4 is 0 Å². The zero-order chi connectivity index (χ0) is 16.1. The molecule has 0 bridgehead atoms. The molecular formula is C16H20ClN3O2. The molecule has 1 amide bonds. The Morgan fingerprint density at radius 1 is 1.27 bits per heavy atom. The van der Waals surface area contributed by atoms with Gasteiger partial charge in [-0.15, -0.1) is 0 Å². The van der Waals surface area contributed by atoms with E-state index in [0.717, 1.165) is 17.8 Å². The minimum absolute atomic E-state index is 0.0725. The van der Waals surface area contributed by atoms with Gasteiger partial charge in [-0.05, 0) is 30.8 Å². The molecule has 5 nitrogen and oxygen atoms in total. The number of aromatic nitrogens is 1. The van der Waals surface area contributed by atoms with Crippen LogP contribution in [0.15, 0.2) is 34.9 Å². The van der Waals surface area contributed by atoms with Crippen LogP contribution >= 0.6 is 11.6 Å². The van der Waals surface area contributed by atoms with E-state index >= 15 is 0 Å². The number of likely N-dealkylation sites (N-methyl/N-ethyl adjacent to an activating group) is 2. The lowest BCUT2D eigenvalue weighted by Crippen LogP contribution is -2.36. The highest BCUT2D eigenvalue weighted by atomic mass is 35.5. The first-order chi connectivity index (χ1) is 10.5. The van der Waals surface area contributed by atoms with Gasteiger partial charge in [0, 0.05) is 31.2 Å². The third-order valence-corrected chi connectivity index (χ3v) is 3.59. The van der Waals surface area contributed by atoms with Gasteiger partial charge < -0.3 is 9.32 Å². The zero-order valence-corrected chi connectivity index (χ0v) is 13.8. The highest BCUT2D eigenvalue weighted by Crippen LogP contribution is 2.21. The minimum atomic E-state index is 0.0725. The summed E-state index contributed by atoms with van der Waals surface area (Å²) in [7, 11) is 3.51. The summed E-state index contributed by atoms with van der Waals surface area (Å²) in [6.45, 7) is 3.73. The van der Waals surface area contributed by atoms with Crippen LogP contribution in [0, 0.1) is 0 Å². The lowest BCUT2D eigenvalue weighted by molar-refractivity contribution is -0.130. The molecule has 0 spiro atoms. The average Bonchev–Trinajstić information content (AvgIpc) is 2.95. The van der Waals surface area contributed by atoms with Crippen molar-refractivity contribution in [1.82, 2.24) is 14.8 Å². The maximum Gasteiger partial charge on any atom is 0.236 e. The van der Waals surface area contributed by atoms with Gasteiger partial charge in [0.1, 0.15) is 6.26 Å². The smallest absolute Gasteiger partial charge is 0.236 e. The Morgan fingerprint density at radius 2 is 1.95 bits per heavy atom. The molecule has 0 atom stereocenters. The second-order valence-electron chi connectivity index (χ2n) is 5.24. The largest absolute Gasteiger partial charge is 0.444 e. The first kappa shape index (κ1) is 16.5. The number of nitrogens with zero attached hydrogens (tertiary/aromatic N) is 3. The van der Waals surface area contributed by atoms with E-state index in [9.17, 15) is 4.79 Å². The molecule has 6 heteroatoms. The Kier molecular flexibility index (Phi) is 5.57. The van der Waals surface area contributed by atoms with E-state index in [1.165, 1.54) is 0 Å². The molecule has 0 radical (unpaired) electrons. The molecule has 2 aromatic rings. The quantitative estimate of drug-likeness (QED) is 0.821. The monoisotopic (exact) mass is 321 g/mol. The van der Waals surface area contributed by atoms with Crippen molar-refractivity contribution in [2.75, 3.05) is 27.2 Å². The highest BCUT2D eigenvalue weighted by Gasteiger charge is 2.14. The van der Waals surface area contributed by atoms with E-state index in [4.69, 9.17) is 16.0 Å². The fraction of sp³-hybridized carbons (Fsp3) is 0.375. The van der Waals surface area contributed by atoms with Crippen LogP contribution in [0.4, 0.5) is 0 Å². The molecule has 1 aromatic heterocycles. The molecule has 0 aliphatic rings. The number of benzene rings is 1. The molecule has 0 saturated carbocycles. The molecule has 22 heavy (non-hydrogen) atoms. The minimum Gasteiger partial charge on any atom is -0.444 e. The van der Waals surface area contributed by atoms with Gasteiger partial charge in [0.25, 0.3) is 0 Å². The maximum atomic E-state index is 11.8. The summed E-state index contributed by atoms with van der Waals surface area (Å²) in [4.78, 5) is 19.9. The van der Waals surface area contributed by atoms with Gasteiger partial charge in [0.05, 0.1) is 12.2 Å². The fourth-order valence-electron chi connectivity index (χ4n) is 1.95. The number of amides is 1. The van der Waals surface area contributed by atoms with Crippen LogP contribution in [-0.2, 0) is 11.3 Å². The highest BCUT2D eigenvalue weighted by molar-refractivity contribution is 6.30. The third kappa shape index (κ3) is 4.32. The molecule has 1 heterocycles. The van der Waals surface area contributed by atoms with E-state index in [1.54, 1.807) is 37.4 Å². The van der Waals surface area contributed by atoms with Crippen molar-refractivity contribution in [3.8, 4) is 11.5 Å². The van der Waals surface area contributed by atoms with Crippen LogP contribution in [0.2, 0.25) is 5.02 Å². The van der Waals surface area contributed by atoms with Gasteiger partial charge >= 0.3 is 0 Å². The number of oxazole rings is 1. The lowest BCUT2D eigenvalue weighted by atomic mass is 10.2. The van der Waals surface area contributed by atoms with Crippen molar-refractivity contribution >= 4 is 17.5 Å². The molecule has 0 N–H and O–H groups in total. The number of rotatable bonds is 6. The molecule has 0 aliphatic carbocycles. The Labute approximate surface area is 135 Å². The van der Waals surface area contributed by atoms with E-state index < -0.39 is 0 Å². The summed E-state index contributed by atoms with van der Waals surface area (Å²) in [6, 6.07) is 7.33. The van der Waals surface area contributed by atoms with Crippen molar-refractivity contribution in [3.05, 3.63) is 41.2 Å². The second-order valence-corrected chi connectivity index (χ2v) is 5.68. The van der Waals surface area contributed by atoms with Crippen LogP contribution in [0.1, 0.15) is 12.6 Å². The summed E-state index contributed by atoms with van der Waals surface area (Å²) in [6.07, 6.45) is 1.63. The van der Waals surface area contributed by atoms with E-state index in [0.29, 0.717) is 24.0 Å². The third-order valence-electron chi connectivity index (χ3n) is 3.33. The van der Waals surface area contributed by atoms with Crippen LogP contribution in [0.3, 0.4) is 0 Å². The van der Waals surface area contributed by atoms with Crippen molar-refractivity contribution in [2.24, 2.45) is 0 Å². The Hall–Kier alpha value is -1.85. The molecule has 2 rings (SSSR count). The van der Waals surface area contributed by atoms with Gasteiger partial charge in [0.2, 0.25) is 11.8 Å². The first-order valence-electron chi connectivity index (χ1n) is 7.12. The summed E-state index contributed by atoms with van der Waals surface area (Å²) in [5.74, 6) is 0.630. The second kappa shape index (κ2) is 7.42. The van der Waals surface area contributed by atoms with E-state index in [1.807, 2.05) is 24.0 Å². The molecule has 0 aliphatic heterocycles. The number of hydrogen-bond donors (Lipinski definition) is 0. The Bertz CT molecular complexity index is 623. The van der Waals surface area contributed by atoms with E-state index in [-0.39, 0.29) is 5.91 Å². The molecule has 118 valence electrons. The number of halogens is 1. The molecular weight excluding hydrogens is 302 g/mol. The Balaban J connectivity index is 2.04. The van der Waals surface area contributed by atoms with E-state index in [2.05, 4.69) is 4.98 Å². The van der Waals surface area contributed by atoms with Crippen molar-refractivity contribution in [2.45, 2.75) is 13.5 Å². The summed E-state index contributed by atoms with van der Waals surface area (Å²) >= 11 is 5.87. The first-order valence-corrected chi connectivity index (χ1v) is 7.50. The average molecular weight is 322 g/mol. The lowest BCUT2D eigenvalue weighted by Gasteiger charge is -2.20. The molecule has 1 aromatic carbocycles. The summed E-state index contributed by atoms with van der Waals surface area (Å²) in [5.41, 5.74) is 1.68. The standard InChI is InChI=1S/C16H20ClN3O2/c1-4-20(10-15(21)19(2)3)9-14-11-22-16(18-14)12-5-7-13(17)8-6-12/h5-8,11H,4,9-10H2,1-3H3. The summed E-state index contributed by atoms with van der Waals surface area (Å²) in [5, 5.41) is 0.676. The van der Waals surface area contributed by atoms with Crippen LogP contribution in [0.5, 0.6) is 0 Å². The normalized spacial score (nSPS) is 11.0. The maximum absolute atomic E-state index is 11.8. The van der Waals surface area contributed by atoms with Crippen LogP contribution in [0.25, 0.3) is 11.5 Å². The van der Waals surface area contributed by atoms with Crippen molar-refractivity contribution < 1.29 is 9.21 Å². The number of carbonyl (C=O) groups excluding carboxylic acids is 1. The van der Waals surface area contributed by atoms with Gasteiger partial charge in [0.15, 0.2) is 0 Å².